The lowest BCUT2D eigenvalue weighted by atomic mass is 10.1. The van der Waals surface area contributed by atoms with Crippen molar-refractivity contribution >= 4 is 40.1 Å². The predicted octanol–water partition coefficient (Wildman–Crippen LogP) is 2.82. The van der Waals surface area contributed by atoms with Crippen LogP contribution in [0, 0.1) is 13.8 Å². The van der Waals surface area contributed by atoms with Crippen molar-refractivity contribution < 1.29 is 14.3 Å². The molecule has 0 fully saturated rings. The number of carbonyl (C=O) groups is 2. The molecule has 0 aliphatic rings. The van der Waals surface area contributed by atoms with Gasteiger partial charge in [-0.05, 0) is 43.2 Å². The van der Waals surface area contributed by atoms with Crippen LogP contribution in [0.15, 0.2) is 59.8 Å². The number of hydrazine groups is 1. The highest BCUT2D eigenvalue weighted by Crippen LogP contribution is 2.25. The summed E-state index contributed by atoms with van der Waals surface area (Å²) in [5.74, 6) is -0.110. The molecular formula is C22H21N5O3S. The summed E-state index contributed by atoms with van der Waals surface area (Å²) >= 11 is 1.24. The standard InChI is InChI=1S/C22H21N5O3S/c1-14-7-3-6-10-18(14)30-12-20(28)24-25-21(29)13-31-22-26-23-19-11-15(2)16-8-4-5-9-17(16)27(19)22/h3-11H,12-13H2,1-2H3,(H,24,28)(H,25,29). The Hall–Kier alpha value is -3.59. The second kappa shape index (κ2) is 9.05. The zero-order chi connectivity index (χ0) is 21.8. The molecule has 2 aromatic carbocycles. The smallest absolute Gasteiger partial charge is 0.276 e. The summed E-state index contributed by atoms with van der Waals surface area (Å²) in [6, 6.07) is 17.3. The number of hydrogen-bond donors (Lipinski definition) is 2. The Labute approximate surface area is 183 Å². The highest BCUT2D eigenvalue weighted by molar-refractivity contribution is 7.99. The van der Waals surface area contributed by atoms with E-state index in [9.17, 15) is 9.59 Å². The molecule has 0 bridgehead atoms. The third-order valence-corrected chi connectivity index (χ3v) is 5.63. The quantitative estimate of drug-likeness (QED) is 0.357. The number of pyridine rings is 1. The number of para-hydroxylation sites is 2. The van der Waals surface area contributed by atoms with Crippen molar-refractivity contribution in [3.63, 3.8) is 0 Å². The lowest BCUT2D eigenvalue weighted by molar-refractivity contribution is -0.128. The van der Waals surface area contributed by atoms with Gasteiger partial charge in [0.05, 0.1) is 11.3 Å². The van der Waals surface area contributed by atoms with E-state index in [4.69, 9.17) is 4.74 Å². The van der Waals surface area contributed by atoms with Gasteiger partial charge in [0.25, 0.3) is 5.91 Å². The zero-order valence-corrected chi connectivity index (χ0v) is 17.9. The summed E-state index contributed by atoms with van der Waals surface area (Å²) in [6.45, 7) is 3.73. The first kappa shape index (κ1) is 20.7. The molecule has 9 heteroatoms. The molecular weight excluding hydrogens is 414 g/mol. The molecule has 0 unspecified atom stereocenters. The Morgan fingerprint density at radius 3 is 2.55 bits per heavy atom. The van der Waals surface area contributed by atoms with Crippen LogP contribution in [-0.2, 0) is 9.59 Å². The first-order chi connectivity index (χ1) is 15.0. The van der Waals surface area contributed by atoms with E-state index in [1.54, 1.807) is 6.07 Å². The summed E-state index contributed by atoms with van der Waals surface area (Å²) in [7, 11) is 0. The van der Waals surface area contributed by atoms with Crippen molar-refractivity contribution in [2.24, 2.45) is 0 Å². The van der Waals surface area contributed by atoms with Crippen LogP contribution < -0.4 is 15.6 Å². The van der Waals surface area contributed by atoms with Crippen LogP contribution in [0.3, 0.4) is 0 Å². The fraction of sp³-hybridized carbons (Fsp3) is 0.182. The summed E-state index contributed by atoms with van der Waals surface area (Å²) in [6.07, 6.45) is 0. The lowest BCUT2D eigenvalue weighted by Gasteiger charge is -2.10. The molecule has 0 radical (unpaired) electrons. The van der Waals surface area contributed by atoms with Crippen molar-refractivity contribution in [3.05, 3.63) is 65.7 Å². The molecule has 0 saturated heterocycles. The van der Waals surface area contributed by atoms with Crippen molar-refractivity contribution in [3.8, 4) is 5.75 Å². The van der Waals surface area contributed by atoms with Gasteiger partial charge in [0.15, 0.2) is 17.4 Å². The number of rotatable bonds is 6. The summed E-state index contributed by atoms with van der Waals surface area (Å²) in [4.78, 5) is 24.1. The van der Waals surface area contributed by atoms with Crippen LogP contribution in [0.2, 0.25) is 0 Å². The highest BCUT2D eigenvalue weighted by Gasteiger charge is 2.13. The Balaban J connectivity index is 1.33. The van der Waals surface area contributed by atoms with E-state index in [-0.39, 0.29) is 18.3 Å². The van der Waals surface area contributed by atoms with Crippen molar-refractivity contribution in [1.29, 1.82) is 0 Å². The molecule has 2 aromatic heterocycles. The minimum absolute atomic E-state index is 0.0714. The van der Waals surface area contributed by atoms with Crippen LogP contribution in [-0.4, -0.2) is 38.8 Å². The van der Waals surface area contributed by atoms with Crippen molar-refractivity contribution in [2.75, 3.05) is 12.4 Å². The minimum atomic E-state index is -0.448. The Bertz CT molecular complexity index is 1270. The van der Waals surface area contributed by atoms with E-state index in [1.165, 1.54) is 11.8 Å². The van der Waals surface area contributed by atoms with E-state index in [0.717, 1.165) is 27.7 Å². The molecule has 158 valence electrons. The van der Waals surface area contributed by atoms with E-state index >= 15 is 0 Å². The number of nitrogens with one attached hydrogen (secondary N) is 2. The number of aromatic nitrogens is 3. The Kier molecular flexibility index (Phi) is 6.03. The van der Waals surface area contributed by atoms with Gasteiger partial charge in [-0.2, -0.15) is 0 Å². The predicted molar refractivity (Wildman–Crippen MR) is 119 cm³/mol. The molecule has 2 amide bonds. The number of hydrogen-bond acceptors (Lipinski definition) is 6. The molecule has 31 heavy (non-hydrogen) atoms. The molecule has 8 nitrogen and oxygen atoms in total. The van der Waals surface area contributed by atoms with Gasteiger partial charge in [-0.1, -0.05) is 48.2 Å². The van der Waals surface area contributed by atoms with E-state index in [2.05, 4.69) is 21.0 Å². The first-order valence-electron chi connectivity index (χ1n) is 9.65. The average molecular weight is 436 g/mol. The fourth-order valence-corrected chi connectivity index (χ4v) is 3.92. The zero-order valence-electron chi connectivity index (χ0n) is 17.1. The molecule has 4 aromatic rings. The van der Waals surface area contributed by atoms with E-state index in [1.807, 2.05) is 66.8 Å². The van der Waals surface area contributed by atoms with Gasteiger partial charge in [0.2, 0.25) is 5.91 Å². The van der Waals surface area contributed by atoms with Gasteiger partial charge in [-0.25, -0.2) is 0 Å². The highest BCUT2D eigenvalue weighted by atomic mass is 32.2. The SMILES string of the molecule is Cc1ccccc1OCC(=O)NNC(=O)CSc1nnc2cc(C)c3ccccc3n12. The van der Waals surface area contributed by atoms with Crippen molar-refractivity contribution in [2.45, 2.75) is 19.0 Å². The van der Waals surface area contributed by atoms with Gasteiger partial charge < -0.3 is 4.74 Å². The monoisotopic (exact) mass is 435 g/mol. The second-order valence-electron chi connectivity index (χ2n) is 6.96. The number of carbonyl (C=O) groups excluding carboxylic acids is 2. The molecule has 4 rings (SSSR count). The number of nitrogens with zero attached hydrogens (tertiary/aromatic N) is 3. The van der Waals surface area contributed by atoms with E-state index in [0.29, 0.717) is 10.9 Å². The molecule has 0 aliphatic carbocycles. The third kappa shape index (κ3) is 4.61. The maximum absolute atomic E-state index is 12.2. The lowest BCUT2D eigenvalue weighted by Crippen LogP contribution is -2.44. The summed E-state index contributed by atoms with van der Waals surface area (Å²) in [5.41, 5.74) is 8.49. The van der Waals surface area contributed by atoms with Crippen LogP contribution in [0.1, 0.15) is 11.1 Å². The molecule has 0 aliphatic heterocycles. The van der Waals surface area contributed by atoms with Gasteiger partial charge >= 0.3 is 0 Å². The number of thioether (sulfide) groups is 1. The van der Waals surface area contributed by atoms with Gasteiger partial charge in [0, 0.05) is 5.39 Å². The maximum atomic E-state index is 12.2. The van der Waals surface area contributed by atoms with E-state index < -0.39 is 5.91 Å². The number of ether oxygens (including phenoxy) is 1. The third-order valence-electron chi connectivity index (χ3n) is 4.70. The number of fused-ring (bicyclic) bond motifs is 3. The van der Waals surface area contributed by atoms with Crippen LogP contribution in [0.25, 0.3) is 16.6 Å². The average Bonchev–Trinajstić information content (AvgIpc) is 3.18. The molecule has 0 saturated carbocycles. The number of benzene rings is 2. The maximum Gasteiger partial charge on any atom is 0.276 e. The molecule has 0 spiro atoms. The Morgan fingerprint density at radius 2 is 1.71 bits per heavy atom. The van der Waals surface area contributed by atoms with Gasteiger partial charge in [-0.3, -0.25) is 24.8 Å². The first-order valence-corrected chi connectivity index (χ1v) is 10.6. The van der Waals surface area contributed by atoms with Gasteiger partial charge in [0.1, 0.15) is 5.75 Å². The Morgan fingerprint density at radius 1 is 0.968 bits per heavy atom. The van der Waals surface area contributed by atoms with Crippen molar-refractivity contribution in [1.82, 2.24) is 25.4 Å². The second-order valence-corrected chi connectivity index (χ2v) is 7.90. The fourth-order valence-electron chi connectivity index (χ4n) is 3.17. The minimum Gasteiger partial charge on any atom is -0.483 e. The van der Waals surface area contributed by atoms with Crippen LogP contribution >= 0.6 is 11.8 Å². The molecule has 0 atom stereocenters. The number of amides is 2. The summed E-state index contributed by atoms with van der Waals surface area (Å²) < 4.78 is 7.38. The topological polar surface area (TPSA) is 97.6 Å². The van der Waals surface area contributed by atoms with Gasteiger partial charge in [-0.15, -0.1) is 10.2 Å². The largest absolute Gasteiger partial charge is 0.483 e. The van der Waals surface area contributed by atoms with Crippen LogP contribution in [0.4, 0.5) is 0 Å². The summed E-state index contributed by atoms with van der Waals surface area (Å²) in [5, 5.41) is 10.1. The molecule has 2 heterocycles. The number of aryl methyl sites for hydroxylation is 2. The molecule has 2 N–H and O–H groups in total. The normalized spacial score (nSPS) is 10.9. The van der Waals surface area contributed by atoms with Crippen LogP contribution in [0.5, 0.6) is 5.75 Å².